The quantitative estimate of drug-likeness (QED) is 0.850. The van der Waals surface area contributed by atoms with Gasteiger partial charge in [0, 0.05) is 6.92 Å². The highest BCUT2D eigenvalue weighted by Gasteiger charge is 2.32. The van der Waals surface area contributed by atoms with Crippen molar-refractivity contribution in [1.82, 2.24) is 5.32 Å². The molecule has 0 unspecified atom stereocenters. The van der Waals surface area contributed by atoms with Crippen molar-refractivity contribution >= 4 is 29.3 Å². The third kappa shape index (κ3) is 3.82. The van der Waals surface area contributed by atoms with Gasteiger partial charge in [-0.05, 0) is 30.3 Å². The maximum absolute atomic E-state index is 14.3. The maximum atomic E-state index is 14.3. The Bertz CT molecular complexity index is 837. The first-order valence-corrected chi connectivity index (χ1v) is 7.81. The summed E-state index contributed by atoms with van der Waals surface area (Å²) in [7, 11) is 0. The Morgan fingerprint density at radius 2 is 2.15 bits per heavy atom. The van der Waals surface area contributed by atoms with Crippen LogP contribution in [0, 0.1) is 5.82 Å². The first-order chi connectivity index (χ1) is 12.4. The predicted molar refractivity (Wildman–Crippen MR) is 89.4 cm³/mol. The van der Waals surface area contributed by atoms with Crippen LogP contribution in [-0.4, -0.2) is 37.1 Å². The molecule has 8 nitrogen and oxygen atoms in total. The van der Waals surface area contributed by atoms with Gasteiger partial charge in [0.15, 0.2) is 5.76 Å². The largest absolute Gasteiger partial charge is 0.459 e. The molecule has 0 saturated carbocycles. The van der Waals surface area contributed by atoms with Crippen molar-refractivity contribution in [2.45, 2.75) is 13.0 Å². The second-order valence-electron chi connectivity index (χ2n) is 5.65. The van der Waals surface area contributed by atoms with Crippen LogP contribution in [0.15, 0.2) is 41.0 Å². The Morgan fingerprint density at radius 1 is 1.35 bits per heavy atom. The number of carbonyl (C=O) groups excluding carboxylic acids is 3. The first-order valence-electron chi connectivity index (χ1n) is 7.81. The summed E-state index contributed by atoms with van der Waals surface area (Å²) in [6, 6.07) is 6.96. The Hall–Kier alpha value is -3.36. The molecule has 2 heterocycles. The van der Waals surface area contributed by atoms with E-state index < -0.39 is 23.9 Å². The van der Waals surface area contributed by atoms with E-state index in [4.69, 9.17) is 9.15 Å². The lowest BCUT2D eigenvalue weighted by molar-refractivity contribution is -0.119. The molecule has 0 radical (unpaired) electrons. The Kier molecular flexibility index (Phi) is 4.87. The van der Waals surface area contributed by atoms with E-state index in [9.17, 15) is 18.8 Å². The van der Waals surface area contributed by atoms with E-state index in [2.05, 4.69) is 10.6 Å². The molecule has 1 aromatic heterocycles. The number of furan rings is 1. The molecule has 0 spiro atoms. The summed E-state index contributed by atoms with van der Waals surface area (Å²) in [6.07, 6.45) is 0.185. The molecule has 0 aliphatic carbocycles. The number of nitrogens with zero attached hydrogens (tertiary/aromatic N) is 1. The van der Waals surface area contributed by atoms with Gasteiger partial charge in [0.05, 0.1) is 30.7 Å². The van der Waals surface area contributed by atoms with Gasteiger partial charge in [0.25, 0.3) is 5.91 Å². The van der Waals surface area contributed by atoms with Gasteiger partial charge in [-0.3, -0.25) is 14.5 Å². The summed E-state index contributed by atoms with van der Waals surface area (Å²) in [6.45, 7) is 1.72. The second-order valence-corrected chi connectivity index (χ2v) is 5.65. The molecule has 1 saturated heterocycles. The monoisotopic (exact) mass is 361 g/mol. The van der Waals surface area contributed by atoms with E-state index in [1.54, 1.807) is 6.07 Å². The van der Waals surface area contributed by atoms with Crippen LogP contribution in [0.5, 0.6) is 0 Å². The molecule has 9 heteroatoms. The molecule has 1 aliphatic heterocycles. The van der Waals surface area contributed by atoms with Crippen LogP contribution in [0.25, 0.3) is 0 Å². The smallest absolute Gasteiger partial charge is 0.414 e. The minimum Gasteiger partial charge on any atom is -0.459 e. The summed E-state index contributed by atoms with van der Waals surface area (Å²) in [5.41, 5.74) is 0.242. The van der Waals surface area contributed by atoms with Gasteiger partial charge in [0.1, 0.15) is 11.9 Å². The highest BCUT2D eigenvalue weighted by molar-refractivity contribution is 6.02. The van der Waals surface area contributed by atoms with Crippen LogP contribution >= 0.6 is 0 Å². The number of benzene rings is 1. The molecule has 26 heavy (non-hydrogen) atoms. The minimum absolute atomic E-state index is 0.0440. The Labute approximate surface area is 147 Å². The first kappa shape index (κ1) is 17.5. The second kappa shape index (κ2) is 7.26. The number of carbonyl (C=O) groups is 3. The van der Waals surface area contributed by atoms with E-state index in [0.717, 1.165) is 6.07 Å². The highest BCUT2D eigenvalue weighted by atomic mass is 19.1. The minimum atomic E-state index is -0.708. The Balaban J connectivity index is 1.68. The molecule has 0 bridgehead atoms. The van der Waals surface area contributed by atoms with Crippen molar-refractivity contribution in [2.24, 2.45) is 0 Å². The summed E-state index contributed by atoms with van der Waals surface area (Å²) in [5, 5.41) is 4.96. The molecule has 3 rings (SSSR count). The summed E-state index contributed by atoms with van der Waals surface area (Å²) in [5.74, 6) is -1.47. The lowest BCUT2D eigenvalue weighted by Gasteiger charge is -2.14. The number of rotatable bonds is 5. The molecule has 136 valence electrons. The fourth-order valence-electron chi connectivity index (χ4n) is 2.46. The molecule has 1 aliphatic rings. The Morgan fingerprint density at radius 3 is 2.81 bits per heavy atom. The van der Waals surface area contributed by atoms with Crippen molar-refractivity contribution in [3.8, 4) is 0 Å². The number of nitrogens with one attached hydrogen (secondary N) is 2. The number of hydrogen-bond donors (Lipinski definition) is 2. The lowest BCUT2D eigenvalue weighted by Crippen LogP contribution is -2.33. The molecule has 1 aromatic carbocycles. The molecule has 2 aromatic rings. The number of anilines is 2. The maximum Gasteiger partial charge on any atom is 0.414 e. The topological polar surface area (TPSA) is 101 Å². The summed E-state index contributed by atoms with van der Waals surface area (Å²) >= 11 is 0. The van der Waals surface area contributed by atoms with Crippen molar-refractivity contribution in [3.63, 3.8) is 0 Å². The van der Waals surface area contributed by atoms with Gasteiger partial charge in [0.2, 0.25) is 5.91 Å². The van der Waals surface area contributed by atoms with Gasteiger partial charge in [-0.25, -0.2) is 9.18 Å². The summed E-state index contributed by atoms with van der Waals surface area (Å²) in [4.78, 5) is 36.0. The molecule has 2 N–H and O–H groups in total. The highest BCUT2D eigenvalue weighted by Crippen LogP contribution is 2.26. The fraction of sp³-hybridized carbons (Fsp3) is 0.235. The number of cyclic esters (lactones) is 1. The van der Waals surface area contributed by atoms with Crippen LogP contribution in [-0.2, 0) is 9.53 Å². The van der Waals surface area contributed by atoms with Crippen molar-refractivity contribution in [1.29, 1.82) is 0 Å². The number of ether oxygens (including phenoxy) is 1. The van der Waals surface area contributed by atoms with Gasteiger partial charge < -0.3 is 19.8 Å². The zero-order valence-electron chi connectivity index (χ0n) is 13.8. The van der Waals surface area contributed by atoms with Crippen LogP contribution in [0.2, 0.25) is 0 Å². The van der Waals surface area contributed by atoms with E-state index in [0.29, 0.717) is 0 Å². The molecule has 1 fully saturated rings. The van der Waals surface area contributed by atoms with E-state index in [1.165, 1.54) is 36.3 Å². The molecular formula is C17H16FN3O5. The van der Waals surface area contributed by atoms with Crippen LogP contribution in [0.1, 0.15) is 17.5 Å². The van der Waals surface area contributed by atoms with Crippen LogP contribution in [0.3, 0.4) is 0 Å². The SMILES string of the molecule is CC(=O)NC[C@H]1CN(c2ccc(NC(=O)c3ccco3)c(F)c2)C(=O)O1. The number of amides is 3. The molecule has 1 atom stereocenters. The van der Waals surface area contributed by atoms with E-state index in [1.807, 2.05) is 0 Å². The normalized spacial score (nSPS) is 16.3. The van der Waals surface area contributed by atoms with Gasteiger partial charge >= 0.3 is 6.09 Å². The zero-order valence-corrected chi connectivity index (χ0v) is 13.8. The van der Waals surface area contributed by atoms with Gasteiger partial charge in [-0.2, -0.15) is 0 Å². The average Bonchev–Trinajstić information content (AvgIpc) is 3.24. The van der Waals surface area contributed by atoms with Crippen LogP contribution < -0.4 is 15.5 Å². The fourth-order valence-corrected chi connectivity index (χ4v) is 2.46. The van der Waals surface area contributed by atoms with Crippen LogP contribution in [0.4, 0.5) is 20.6 Å². The lowest BCUT2D eigenvalue weighted by atomic mass is 10.2. The van der Waals surface area contributed by atoms with Gasteiger partial charge in [-0.1, -0.05) is 0 Å². The molecular weight excluding hydrogens is 345 g/mol. The van der Waals surface area contributed by atoms with E-state index in [-0.39, 0.29) is 36.1 Å². The standard InChI is InChI=1S/C17H16FN3O5/c1-10(22)19-8-12-9-21(17(24)26-12)11-4-5-14(13(18)7-11)20-16(23)15-3-2-6-25-15/h2-7,12H,8-9H2,1H3,(H,19,22)(H,20,23)/t12-/m0/s1. The number of halogens is 1. The average molecular weight is 361 g/mol. The summed E-state index contributed by atoms with van der Waals surface area (Å²) < 4.78 is 24.4. The van der Waals surface area contributed by atoms with Crippen molar-refractivity contribution in [3.05, 3.63) is 48.2 Å². The molecule has 3 amide bonds. The van der Waals surface area contributed by atoms with E-state index >= 15 is 0 Å². The predicted octanol–water partition coefficient (Wildman–Crippen LogP) is 2.13. The third-order valence-corrected chi connectivity index (χ3v) is 3.71. The van der Waals surface area contributed by atoms with Crippen molar-refractivity contribution < 1.29 is 27.9 Å². The van der Waals surface area contributed by atoms with Crippen molar-refractivity contribution in [2.75, 3.05) is 23.3 Å². The van der Waals surface area contributed by atoms with Gasteiger partial charge in [-0.15, -0.1) is 0 Å². The third-order valence-electron chi connectivity index (χ3n) is 3.71. The number of hydrogen-bond acceptors (Lipinski definition) is 5. The zero-order chi connectivity index (χ0) is 18.7.